The molecule has 0 aliphatic rings. The number of rotatable bonds is 4. The molecule has 1 aromatic carbocycles. The van der Waals surface area contributed by atoms with E-state index in [0.717, 1.165) is 11.1 Å². The van der Waals surface area contributed by atoms with Crippen molar-refractivity contribution in [1.82, 2.24) is 14.8 Å². The Morgan fingerprint density at radius 1 is 1.32 bits per heavy atom. The molecule has 2 heterocycles. The van der Waals surface area contributed by atoms with Crippen LogP contribution in [0.3, 0.4) is 0 Å². The summed E-state index contributed by atoms with van der Waals surface area (Å²) >= 11 is 0. The highest BCUT2D eigenvalue weighted by atomic mass is 16.5. The van der Waals surface area contributed by atoms with Crippen LogP contribution in [0.4, 0.5) is 0 Å². The van der Waals surface area contributed by atoms with Gasteiger partial charge in [0, 0.05) is 31.3 Å². The van der Waals surface area contributed by atoms with E-state index in [-0.39, 0.29) is 12.3 Å². The number of esters is 1. The Bertz CT molecular complexity index is 790. The smallest absolute Gasteiger partial charge is 0.361 e. The molecule has 0 amide bonds. The number of aryl methyl sites for hydroxylation is 2. The molecule has 0 aliphatic carbocycles. The van der Waals surface area contributed by atoms with Crippen LogP contribution in [0.2, 0.25) is 0 Å². The minimum atomic E-state index is -0.514. The molecule has 0 N–H and O–H groups in total. The maximum absolute atomic E-state index is 12.3. The molecule has 112 valence electrons. The third kappa shape index (κ3) is 2.90. The first-order chi connectivity index (χ1) is 10.6. The molecule has 0 saturated heterocycles. The summed E-state index contributed by atoms with van der Waals surface area (Å²) in [5.74, 6) is 0.334. The lowest BCUT2D eigenvalue weighted by Crippen LogP contribution is -2.07. The van der Waals surface area contributed by atoms with Crippen LogP contribution in [-0.4, -0.2) is 20.7 Å². The normalized spacial score (nSPS) is 10.6. The number of ether oxygens (including phenoxy) is 1. The van der Waals surface area contributed by atoms with Crippen molar-refractivity contribution in [3.05, 3.63) is 59.9 Å². The molecule has 22 heavy (non-hydrogen) atoms. The molecule has 6 heteroatoms. The lowest BCUT2D eigenvalue weighted by molar-refractivity contribution is 0.0466. The highest BCUT2D eigenvalue weighted by Crippen LogP contribution is 2.25. The Hall–Kier alpha value is -2.89. The van der Waals surface area contributed by atoms with E-state index in [1.807, 2.05) is 30.3 Å². The van der Waals surface area contributed by atoms with Crippen LogP contribution in [0, 0.1) is 6.92 Å². The number of oxazole rings is 1. The Balaban J connectivity index is 1.81. The van der Waals surface area contributed by atoms with Gasteiger partial charge in [-0.25, -0.2) is 9.78 Å². The van der Waals surface area contributed by atoms with Gasteiger partial charge in [-0.15, -0.1) is 0 Å². The van der Waals surface area contributed by atoms with Crippen molar-refractivity contribution in [1.29, 1.82) is 0 Å². The number of benzene rings is 1. The van der Waals surface area contributed by atoms with Crippen molar-refractivity contribution < 1.29 is 13.9 Å². The monoisotopic (exact) mass is 297 g/mol. The Morgan fingerprint density at radius 2 is 2.09 bits per heavy atom. The van der Waals surface area contributed by atoms with E-state index in [2.05, 4.69) is 10.1 Å². The molecule has 0 aliphatic heterocycles. The summed E-state index contributed by atoms with van der Waals surface area (Å²) in [4.78, 5) is 16.4. The molecule has 6 nitrogen and oxygen atoms in total. The van der Waals surface area contributed by atoms with Crippen LogP contribution < -0.4 is 0 Å². The zero-order valence-electron chi connectivity index (χ0n) is 12.3. The van der Waals surface area contributed by atoms with Crippen molar-refractivity contribution in [2.75, 3.05) is 0 Å². The summed E-state index contributed by atoms with van der Waals surface area (Å²) in [7, 11) is 1.81. The first kappa shape index (κ1) is 14.1. The second-order valence-corrected chi connectivity index (χ2v) is 4.88. The minimum absolute atomic E-state index is 0.146. The molecule has 2 aromatic heterocycles. The highest BCUT2D eigenvalue weighted by Gasteiger charge is 2.21. The first-order valence-corrected chi connectivity index (χ1v) is 6.81. The molecule has 0 spiro atoms. The van der Waals surface area contributed by atoms with Crippen LogP contribution in [0.1, 0.15) is 21.9 Å². The average molecular weight is 297 g/mol. The molecule has 0 fully saturated rings. The molecule has 0 unspecified atom stereocenters. The second-order valence-electron chi connectivity index (χ2n) is 4.88. The molecule has 3 aromatic rings. The summed E-state index contributed by atoms with van der Waals surface area (Å²) in [6.07, 6.45) is 3.44. The zero-order chi connectivity index (χ0) is 15.5. The first-order valence-electron chi connectivity index (χ1n) is 6.81. The van der Waals surface area contributed by atoms with Crippen molar-refractivity contribution in [3.8, 4) is 11.3 Å². The van der Waals surface area contributed by atoms with Crippen LogP contribution in [0.5, 0.6) is 0 Å². The standard InChI is InChI=1S/C16H15N3O3/c1-11-18-14(15(22-11)13-6-4-3-5-7-13)16(20)21-10-12-8-17-19(2)9-12/h3-9H,10H2,1-2H3. The number of carbonyl (C=O) groups excluding carboxylic acids is 1. The molecule has 0 saturated carbocycles. The summed E-state index contributed by atoms with van der Waals surface area (Å²) < 4.78 is 12.5. The van der Waals surface area contributed by atoms with Gasteiger partial charge in [-0.05, 0) is 0 Å². The highest BCUT2D eigenvalue weighted by molar-refractivity contribution is 5.93. The van der Waals surface area contributed by atoms with Gasteiger partial charge < -0.3 is 9.15 Å². The van der Waals surface area contributed by atoms with Gasteiger partial charge in [0.1, 0.15) is 6.61 Å². The van der Waals surface area contributed by atoms with E-state index in [1.54, 1.807) is 31.0 Å². The number of nitrogens with zero attached hydrogens (tertiary/aromatic N) is 3. The van der Waals surface area contributed by atoms with E-state index in [9.17, 15) is 4.79 Å². The van der Waals surface area contributed by atoms with Gasteiger partial charge >= 0.3 is 5.97 Å². The van der Waals surface area contributed by atoms with Crippen molar-refractivity contribution in [2.45, 2.75) is 13.5 Å². The fraction of sp³-hybridized carbons (Fsp3) is 0.188. The van der Waals surface area contributed by atoms with E-state index in [0.29, 0.717) is 11.7 Å². The van der Waals surface area contributed by atoms with Gasteiger partial charge in [-0.2, -0.15) is 5.10 Å². The lowest BCUT2D eigenvalue weighted by Gasteiger charge is -2.02. The summed E-state index contributed by atoms with van der Waals surface area (Å²) in [6, 6.07) is 9.36. The summed E-state index contributed by atoms with van der Waals surface area (Å²) in [5.41, 5.74) is 1.79. The molecular weight excluding hydrogens is 282 g/mol. The van der Waals surface area contributed by atoms with Gasteiger partial charge in [0.15, 0.2) is 17.3 Å². The second kappa shape index (κ2) is 5.85. The third-order valence-electron chi connectivity index (χ3n) is 3.09. The minimum Gasteiger partial charge on any atom is -0.456 e. The van der Waals surface area contributed by atoms with Crippen molar-refractivity contribution in [3.63, 3.8) is 0 Å². The topological polar surface area (TPSA) is 70.2 Å². The quantitative estimate of drug-likeness (QED) is 0.692. The van der Waals surface area contributed by atoms with E-state index >= 15 is 0 Å². The number of carbonyl (C=O) groups is 1. The van der Waals surface area contributed by atoms with Gasteiger partial charge in [0.25, 0.3) is 0 Å². The van der Waals surface area contributed by atoms with Gasteiger partial charge in [-0.3, -0.25) is 4.68 Å². The molecule has 3 rings (SSSR count). The van der Waals surface area contributed by atoms with Gasteiger partial charge in [-0.1, -0.05) is 30.3 Å². The van der Waals surface area contributed by atoms with Crippen LogP contribution in [0.15, 0.2) is 47.1 Å². The molecular formula is C16H15N3O3. The largest absolute Gasteiger partial charge is 0.456 e. The van der Waals surface area contributed by atoms with E-state index in [1.165, 1.54) is 0 Å². The fourth-order valence-corrected chi connectivity index (χ4v) is 2.11. The Kier molecular flexibility index (Phi) is 3.74. The average Bonchev–Trinajstić information content (AvgIpc) is 3.11. The molecule has 0 bridgehead atoms. The summed E-state index contributed by atoms with van der Waals surface area (Å²) in [5, 5.41) is 4.03. The lowest BCUT2D eigenvalue weighted by atomic mass is 10.1. The van der Waals surface area contributed by atoms with Gasteiger partial charge in [0.2, 0.25) is 0 Å². The number of hydrogen-bond acceptors (Lipinski definition) is 5. The van der Waals surface area contributed by atoms with Crippen LogP contribution in [0.25, 0.3) is 11.3 Å². The predicted octanol–water partition coefficient (Wildman–Crippen LogP) is 2.74. The Morgan fingerprint density at radius 3 is 2.77 bits per heavy atom. The molecule has 0 atom stereocenters. The number of hydrogen-bond donors (Lipinski definition) is 0. The summed E-state index contributed by atoms with van der Waals surface area (Å²) in [6.45, 7) is 1.84. The van der Waals surface area contributed by atoms with Crippen LogP contribution >= 0.6 is 0 Å². The van der Waals surface area contributed by atoms with Crippen LogP contribution in [-0.2, 0) is 18.4 Å². The number of aromatic nitrogens is 3. The van der Waals surface area contributed by atoms with Crippen molar-refractivity contribution in [2.24, 2.45) is 7.05 Å². The predicted molar refractivity (Wildman–Crippen MR) is 79.0 cm³/mol. The molecule has 0 radical (unpaired) electrons. The third-order valence-corrected chi connectivity index (χ3v) is 3.09. The maximum atomic E-state index is 12.3. The SMILES string of the molecule is Cc1nc(C(=O)OCc2cnn(C)c2)c(-c2ccccc2)o1. The Labute approximate surface area is 127 Å². The van der Waals surface area contributed by atoms with Crippen molar-refractivity contribution >= 4 is 5.97 Å². The zero-order valence-corrected chi connectivity index (χ0v) is 12.3. The van der Waals surface area contributed by atoms with E-state index < -0.39 is 5.97 Å². The fourth-order valence-electron chi connectivity index (χ4n) is 2.11. The van der Waals surface area contributed by atoms with Gasteiger partial charge in [0.05, 0.1) is 6.20 Å². The van der Waals surface area contributed by atoms with E-state index in [4.69, 9.17) is 9.15 Å². The maximum Gasteiger partial charge on any atom is 0.361 e.